The predicted octanol–water partition coefficient (Wildman–Crippen LogP) is 5.84. The van der Waals surface area contributed by atoms with Crippen LogP contribution in [0.15, 0.2) is 9.81 Å². The van der Waals surface area contributed by atoms with Crippen molar-refractivity contribution in [2.75, 3.05) is 5.75 Å². The Morgan fingerprint density at radius 3 is 2.19 bits per heavy atom. The summed E-state index contributed by atoms with van der Waals surface area (Å²) in [5, 5.41) is 0.877. The molecule has 0 fully saturated rings. The third kappa shape index (κ3) is 4.75. The molecule has 0 aromatic rings. The van der Waals surface area contributed by atoms with Gasteiger partial charge in [0.2, 0.25) is 0 Å². The Morgan fingerprint density at radius 2 is 1.62 bits per heavy atom. The van der Waals surface area contributed by atoms with Crippen molar-refractivity contribution in [2.24, 2.45) is 0 Å². The Balaban J connectivity index is 2.57. The molecule has 2 heteroatoms. The van der Waals surface area contributed by atoms with E-state index >= 15 is 0 Å². The van der Waals surface area contributed by atoms with Crippen LogP contribution in [0.3, 0.4) is 0 Å². The Kier molecular flexibility index (Phi) is 7.72. The van der Waals surface area contributed by atoms with E-state index in [1.165, 1.54) is 50.7 Å². The lowest BCUT2D eigenvalue weighted by atomic mass is 10.2. The molecule has 1 aliphatic rings. The first-order chi connectivity index (χ1) is 7.81. The molecule has 0 aromatic carbocycles. The van der Waals surface area contributed by atoms with Gasteiger partial charge in [0.05, 0.1) is 0 Å². The summed E-state index contributed by atoms with van der Waals surface area (Å²) in [6.07, 6.45) is 9.39. The highest BCUT2D eigenvalue weighted by molar-refractivity contribution is 8.10. The van der Waals surface area contributed by atoms with E-state index in [1.54, 1.807) is 9.81 Å². The Bertz CT molecular complexity index is 221. The summed E-state index contributed by atoms with van der Waals surface area (Å²) in [5.41, 5.74) is 0. The highest BCUT2D eigenvalue weighted by Gasteiger charge is 2.20. The zero-order valence-electron chi connectivity index (χ0n) is 11.1. The summed E-state index contributed by atoms with van der Waals surface area (Å²) in [6.45, 7) is 6.92. The van der Waals surface area contributed by atoms with Crippen molar-refractivity contribution < 1.29 is 0 Å². The lowest BCUT2D eigenvalue weighted by Crippen LogP contribution is -2.10. The van der Waals surface area contributed by atoms with Gasteiger partial charge in [0.1, 0.15) is 0 Å². The monoisotopic (exact) mass is 258 g/mol. The fourth-order valence-electron chi connectivity index (χ4n) is 1.86. The third-order valence-electron chi connectivity index (χ3n) is 3.03. The van der Waals surface area contributed by atoms with Crippen LogP contribution in [-0.4, -0.2) is 11.0 Å². The van der Waals surface area contributed by atoms with Crippen LogP contribution in [-0.2, 0) is 0 Å². The Morgan fingerprint density at radius 1 is 1.00 bits per heavy atom. The van der Waals surface area contributed by atoms with E-state index in [2.05, 4.69) is 44.3 Å². The molecule has 0 amide bonds. The molecule has 94 valence electrons. The van der Waals surface area contributed by atoms with E-state index in [-0.39, 0.29) is 0 Å². The van der Waals surface area contributed by atoms with Crippen LogP contribution in [0.2, 0.25) is 0 Å². The smallest absolute Gasteiger partial charge is 0.0183 e. The highest BCUT2D eigenvalue weighted by Crippen LogP contribution is 2.43. The topological polar surface area (TPSA) is 0 Å². The average molecular weight is 258 g/mol. The summed E-state index contributed by atoms with van der Waals surface area (Å²) >= 11 is 4.34. The molecule has 0 aliphatic carbocycles. The van der Waals surface area contributed by atoms with Gasteiger partial charge in [-0.3, -0.25) is 0 Å². The number of rotatable bonds is 7. The second-order valence-electron chi connectivity index (χ2n) is 4.51. The molecule has 1 atom stereocenters. The van der Waals surface area contributed by atoms with Gasteiger partial charge in [0.25, 0.3) is 0 Å². The normalized spacial score (nSPS) is 21.6. The van der Waals surface area contributed by atoms with Crippen molar-refractivity contribution in [3.8, 4) is 0 Å². The largest absolute Gasteiger partial charge is 0.129 e. The molecule has 0 spiro atoms. The summed E-state index contributed by atoms with van der Waals surface area (Å²) in [6, 6.07) is 0. The minimum atomic E-state index is 0.877. The number of allylic oxidation sites excluding steroid dienone is 2. The van der Waals surface area contributed by atoms with Gasteiger partial charge < -0.3 is 0 Å². The molecule has 1 heterocycles. The third-order valence-corrected chi connectivity index (χ3v) is 6.31. The molecule has 0 bridgehead atoms. The van der Waals surface area contributed by atoms with Gasteiger partial charge in [-0.1, -0.05) is 33.6 Å². The SMILES string of the molecule is CCCCC1=C(CCCC)SC(CC)CS1. The molecule has 0 saturated carbocycles. The second-order valence-corrected chi connectivity index (χ2v) is 7.02. The molecule has 0 nitrogen and oxygen atoms in total. The van der Waals surface area contributed by atoms with E-state index < -0.39 is 0 Å². The van der Waals surface area contributed by atoms with Crippen molar-refractivity contribution in [1.82, 2.24) is 0 Å². The highest BCUT2D eigenvalue weighted by atomic mass is 32.2. The minimum Gasteiger partial charge on any atom is -0.129 e. The average Bonchev–Trinajstić information content (AvgIpc) is 2.34. The maximum absolute atomic E-state index is 2.33. The van der Waals surface area contributed by atoms with Gasteiger partial charge in [0, 0.05) is 11.0 Å². The van der Waals surface area contributed by atoms with E-state index in [0.717, 1.165) is 5.25 Å². The van der Waals surface area contributed by atoms with Gasteiger partial charge in [-0.05, 0) is 41.9 Å². The van der Waals surface area contributed by atoms with Gasteiger partial charge >= 0.3 is 0 Å². The van der Waals surface area contributed by atoms with Crippen LogP contribution in [0.25, 0.3) is 0 Å². The van der Waals surface area contributed by atoms with Crippen molar-refractivity contribution in [3.63, 3.8) is 0 Å². The van der Waals surface area contributed by atoms with Gasteiger partial charge in [-0.25, -0.2) is 0 Å². The molecule has 16 heavy (non-hydrogen) atoms. The minimum absolute atomic E-state index is 0.877. The summed E-state index contributed by atoms with van der Waals surface area (Å²) in [4.78, 5) is 3.46. The molecule has 1 rings (SSSR count). The van der Waals surface area contributed by atoms with Crippen molar-refractivity contribution in [2.45, 2.75) is 71.0 Å². The van der Waals surface area contributed by atoms with Crippen molar-refractivity contribution >= 4 is 23.5 Å². The molecular formula is C14H26S2. The fraction of sp³-hybridized carbons (Fsp3) is 0.857. The standard InChI is InChI=1S/C14H26S2/c1-4-7-9-13-14(10-8-5-2)16-12(6-3)11-15-13/h12H,4-11H2,1-3H3. The summed E-state index contributed by atoms with van der Waals surface area (Å²) in [5.74, 6) is 1.34. The first-order valence-electron chi connectivity index (χ1n) is 6.83. The quantitative estimate of drug-likeness (QED) is 0.563. The molecule has 0 N–H and O–H groups in total. The summed E-state index contributed by atoms with van der Waals surface area (Å²) < 4.78 is 0. The van der Waals surface area contributed by atoms with Gasteiger partial charge in [-0.2, -0.15) is 0 Å². The lowest BCUT2D eigenvalue weighted by Gasteiger charge is -2.25. The van der Waals surface area contributed by atoms with E-state index in [9.17, 15) is 0 Å². The van der Waals surface area contributed by atoms with E-state index in [4.69, 9.17) is 0 Å². The van der Waals surface area contributed by atoms with Crippen LogP contribution < -0.4 is 0 Å². The molecule has 0 aromatic heterocycles. The predicted molar refractivity (Wildman–Crippen MR) is 80.2 cm³/mol. The van der Waals surface area contributed by atoms with Crippen LogP contribution >= 0.6 is 23.5 Å². The Labute approximate surface area is 110 Å². The molecule has 1 aliphatic heterocycles. The van der Waals surface area contributed by atoms with Crippen LogP contribution in [0.5, 0.6) is 0 Å². The van der Waals surface area contributed by atoms with Crippen LogP contribution in [0, 0.1) is 0 Å². The molecule has 0 radical (unpaired) electrons. The number of hydrogen-bond acceptors (Lipinski definition) is 2. The van der Waals surface area contributed by atoms with Crippen LogP contribution in [0.4, 0.5) is 0 Å². The zero-order chi connectivity index (χ0) is 11.8. The maximum atomic E-state index is 2.33. The van der Waals surface area contributed by atoms with Crippen molar-refractivity contribution in [3.05, 3.63) is 9.81 Å². The van der Waals surface area contributed by atoms with E-state index in [1.807, 2.05) is 0 Å². The van der Waals surface area contributed by atoms with E-state index in [0.29, 0.717) is 0 Å². The number of hydrogen-bond donors (Lipinski definition) is 0. The molecule has 1 unspecified atom stereocenters. The van der Waals surface area contributed by atoms with Crippen molar-refractivity contribution in [1.29, 1.82) is 0 Å². The van der Waals surface area contributed by atoms with Gasteiger partial charge in [-0.15, -0.1) is 23.5 Å². The molecule has 0 saturated heterocycles. The van der Waals surface area contributed by atoms with Gasteiger partial charge in [0.15, 0.2) is 0 Å². The summed E-state index contributed by atoms with van der Waals surface area (Å²) in [7, 11) is 0. The maximum Gasteiger partial charge on any atom is 0.0183 e. The molecular weight excluding hydrogens is 232 g/mol. The number of unbranched alkanes of at least 4 members (excludes halogenated alkanes) is 2. The second kappa shape index (κ2) is 8.52. The fourth-order valence-corrected chi connectivity index (χ4v) is 4.90. The first kappa shape index (κ1) is 14.5. The lowest BCUT2D eigenvalue weighted by molar-refractivity contribution is 0.778. The van der Waals surface area contributed by atoms with Crippen LogP contribution in [0.1, 0.15) is 65.7 Å². The zero-order valence-corrected chi connectivity index (χ0v) is 12.7. The number of thioether (sulfide) groups is 2. The Hall–Kier alpha value is 0.440. The first-order valence-corrected chi connectivity index (χ1v) is 8.69.